The first-order valence-electron chi connectivity index (χ1n) is 10.5. The molecule has 27 heavy (non-hydrogen) atoms. The van der Waals surface area contributed by atoms with Gasteiger partial charge in [-0.3, -0.25) is 14.5 Å². The van der Waals surface area contributed by atoms with Crippen molar-refractivity contribution in [3.05, 3.63) is 29.8 Å². The molecule has 0 bridgehead atoms. The lowest BCUT2D eigenvalue weighted by atomic mass is 9.94. The summed E-state index contributed by atoms with van der Waals surface area (Å²) < 4.78 is 0. The normalized spacial score (nSPS) is 19.1. The van der Waals surface area contributed by atoms with Crippen LogP contribution in [0, 0.1) is 12.8 Å². The quantitative estimate of drug-likeness (QED) is 0.799. The molecule has 0 unspecified atom stereocenters. The Morgan fingerprint density at radius 1 is 1.04 bits per heavy atom. The molecule has 2 fully saturated rings. The Morgan fingerprint density at radius 3 is 2.33 bits per heavy atom. The number of piperidine rings is 2. The number of carbonyl (C=O) groups is 2. The van der Waals surface area contributed by atoms with Crippen LogP contribution in [0.3, 0.4) is 0 Å². The highest BCUT2D eigenvalue weighted by Gasteiger charge is 2.30. The van der Waals surface area contributed by atoms with Gasteiger partial charge in [0.15, 0.2) is 0 Å². The van der Waals surface area contributed by atoms with Gasteiger partial charge in [-0.15, -0.1) is 0 Å². The number of hydrogen-bond donors (Lipinski definition) is 0. The Morgan fingerprint density at radius 2 is 1.70 bits per heavy atom. The molecule has 5 heteroatoms. The van der Waals surface area contributed by atoms with Crippen molar-refractivity contribution in [2.75, 3.05) is 44.2 Å². The molecule has 0 aromatic heterocycles. The number of amides is 2. The van der Waals surface area contributed by atoms with E-state index in [1.54, 1.807) is 0 Å². The van der Waals surface area contributed by atoms with E-state index in [-0.39, 0.29) is 11.8 Å². The van der Waals surface area contributed by atoms with E-state index < -0.39 is 0 Å². The summed E-state index contributed by atoms with van der Waals surface area (Å²) in [7, 11) is 0. The first kappa shape index (κ1) is 19.9. The van der Waals surface area contributed by atoms with Crippen molar-refractivity contribution in [2.45, 2.75) is 46.0 Å². The lowest BCUT2D eigenvalue weighted by molar-refractivity contribution is -0.138. The highest BCUT2D eigenvalue weighted by molar-refractivity contribution is 5.95. The molecule has 148 valence electrons. The van der Waals surface area contributed by atoms with Crippen molar-refractivity contribution >= 4 is 17.5 Å². The first-order chi connectivity index (χ1) is 13.1. The van der Waals surface area contributed by atoms with Crippen molar-refractivity contribution in [2.24, 2.45) is 5.92 Å². The number of likely N-dealkylation sites (N-methyl/N-ethyl adjacent to an activating group) is 1. The van der Waals surface area contributed by atoms with Crippen molar-refractivity contribution in [3.63, 3.8) is 0 Å². The second-order valence-corrected chi connectivity index (χ2v) is 7.86. The summed E-state index contributed by atoms with van der Waals surface area (Å²) in [5, 5.41) is 0. The van der Waals surface area contributed by atoms with E-state index in [1.807, 2.05) is 43.0 Å². The Hall–Kier alpha value is -1.88. The molecule has 1 aromatic rings. The number of benzene rings is 1. The van der Waals surface area contributed by atoms with E-state index >= 15 is 0 Å². The maximum absolute atomic E-state index is 12.9. The Balaban J connectivity index is 1.51. The van der Waals surface area contributed by atoms with Crippen LogP contribution in [0.2, 0.25) is 0 Å². The van der Waals surface area contributed by atoms with Crippen LogP contribution in [0.1, 0.15) is 44.6 Å². The van der Waals surface area contributed by atoms with Crippen molar-refractivity contribution in [1.29, 1.82) is 0 Å². The molecule has 0 saturated carbocycles. The second-order valence-electron chi connectivity index (χ2n) is 7.86. The minimum absolute atomic E-state index is 0.146. The fourth-order valence-corrected chi connectivity index (χ4v) is 4.33. The summed E-state index contributed by atoms with van der Waals surface area (Å²) in [5.74, 6) is 0.636. The zero-order valence-electron chi connectivity index (χ0n) is 16.8. The molecule has 2 aliphatic heterocycles. The van der Waals surface area contributed by atoms with Crippen LogP contribution in [-0.4, -0.2) is 60.9 Å². The van der Waals surface area contributed by atoms with Crippen LogP contribution in [0.4, 0.5) is 5.69 Å². The average molecular weight is 372 g/mol. The summed E-state index contributed by atoms with van der Waals surface area (Å²) >= 11 is 0. The minimum atomic E-state index is 0.146. The average Bonchev–Trinajstić information content (AvgIpc) is 2.71. The molecule has 0 radical (unpaired) electrons. The first-order valence-corrected chi connectivity index (χ1v) is 10.5. The number of para-hydroxylation sites is 1. The number of nitrogens with zero attached hydrogens (tertiary/aromatic N) is 3. The zero-order valence-corrected chi connectivity index (χ0v) is 16.8. The predicted molar refractivity (Wildman–Crippen MR) is 109 cm³/mol. The lowest BCUT2D eigenvalue weighted by Crippen LogP contribution is -2.47. The minimum Gasteiger partial charge on any atom is -0.342 e. The third kappa shape index (κ3) is 4.89. The van der Waals surface area contributed by atoms with Gasteiger partial charge in [-0.25, -0.2) is 0 Å². The molecule has 2 saturated heterocycles. The van der Waals surface area contributed by atoms with Gasteiger partial charge in [0, 0.05) is 31.2 Å². The van der Waals surface area contributed by atoms with Crippen LogP contribution >= 0.6 is 0 Å². The topological polar surface area (TPSA) is 43.9 Å². The van der Waals surface area contributed by atoms with Gasteiger partial charge in [0.1, 0.15) is 0 Å². The molecular formula is C22H33N3O2. The van der Waals surface area contributed by atoms with E-state index in [9.17, 15) is 9.59 Å². The molecule has 2 heterocycles. The molecule has 0 N–H and O–H groups in total. The van der Waals surface area contributed by atoms with E-state index in [0.29, 0.717) is 19.0 Å². The van der Waals surface area contributed by atoms with Gasteiger partial charge in [-0.1, -0.05) is 18.2 Å². The zero-order chi connectivity index (χ0) is 19.2. The molecule has 0 aliphatic carbocycles. The number of likely N-dealkylation sites (tertiary alicyclic amines) is 2. The summed E-state index contributed by atoms with van der Waals surface area (Å²) in [4.78, 5) is 31.7. The Kier molecular flexibility index (Phi) is 6.89. The lowest BCUT2D eigenvalue weighted by Gasteiger charge is -2.36. The van der Waals surface area contributed by atoms with Gasteiger partial charge in [-0.2, -0.15) is 0 Å². The molecule has 0 atom stereocenters. The standard InChI is InChI=1S/C22H33N3O2/c1-3-25(20-10-6-5-9-18(20)2)21(26)17-23-15-11-19(12-16-23)22(27)24-13-7-4-8-14-24/h5-6,9-10,19H,3-4,7-8,11-17H2,1-2H3. The second kappa shape index (κ2) is 9.36. The van der Waals surface area contributed by atoms with Crippen molar-refractivity contribution in [1.82, 2.24) is 9.80 Å². The molecule has 2 amide bonds. The van der Waals surface area contributed by atoms with Gasteiger partial charge in [0.2, 0.25) is 11.8 Å². The number of rotatable bonds is 5. The number of carbonyl (C=O) groups excluding carboxylic acids is 2. The molecule has 5 nitrogen and oxygen atoms in total. The van der Waals surface area contributed by atoms with Gasteiger partial charge in [0.05, 0.1) is 6.54 Å². The van der Waals surface area contributed by atoms with E-state index in [4.69, 9.17) is 0 Å². The fraction of sp³-hybridized carbons (Fsp3) is 0.636. The van der Waals surface area contributed by atoms with E-state index in [1.165, 1.54) is 6.42 Å². The third-order valence-electron chi connectivity index (χ3n) is 5.99. The van der Waals surface area contributed by atoms with E-state index in [0.717, 1.165) is 63.1 Å². The molecule has 3 rings (SSSR count). The SMILES string of the molecule is CCN(C(=O)CN1CCC(C(=O)N2CCCCC2)CC1)c1ccccc1C. The summed E-state index contributed by atoms with van der Waals surface area (Å²) in [6.07, 6.45) is 5.28. The highest BCUT2D eigenvalue weighted by Crippen LogP contribution is 2.23. The molecule has 0 spiro atoms. The predicted octanol–water partition coefficient (Wildman–Crippen LogP) is 3.07. The largest absolute Gasteiger partial charge is 0.342 e. The van der Waals surface area contributed by atoms with Crippen LogP contribution < -0.4 is 4.90 Å². The van der Waals surface area contributed by atoms with Crippen LogP contribution in [0.5, 0.6) is 0 Å². The summed E-state index contributed by atoms with van der Waals surface area (Å²) in [6.45, 7) is 8.71. The van der Waals surface area contributed by atoms with Gasteiger partial charge >= 0.3 is 0 Å². The van der Waals surface area contributed by atoms with Crippen molar-refractivity contribution in [3.8, 4) is 0 Å². The summed E-state index contributed by atoms with van der Waals surface area (Å²) in [6, 6.07) is 8.04. The number of anilines is 1. The van der Waals surface area contributed by atoms with Crippen LogP contribution in [0.25, 0.3) is 0 Å². The highest BCUT2D eigenvalue weighted by atomic mass is 16.2. The van der Waals surface area contributed by atoms with Gasteiger partial charge < -0.3 is 9.80 Å². The van der Waals surface area contributed by atoms with Crippen LogP contribution in [-0.2, 0) is 9.59 Å². The number of aryl methyl sites for hydroxylation is 1. The monoisotopic (exact) mass is 371 g/mol. The van der Waals surface area contributed by atoms with Crippen molar-refractivity contribution < 1.29 is 9.59 Å². The molecule has 1 aromatic carbocycles. The Labute approximate surface area is 163 Å². The van der Waals surface area contributed by atoms with Gasteiger partial charge in [0.25, 0.3) is 0 Å². The van der Waals surface area contributed by atoms with Gasteiger partial charge in [-0.05, 0) is 70.7 Å². The fourth-order valence-electron chi connectivity index (χ4n) is 4.33. The number of hydrogen-bond acceptors (Lipinski definition) is 3. The molecular weight excluding hydrogens is 338 g/mol. The third-order valence-corrected chi connectivity index (χ3v) is 5.99. The smallest absolute Gasteiger partial charge is 0.241 e. The molecule has 2 aliphatic rings. The Bertz CT molecular complexity index is 647. The maximum atomic E-state index is 12.9. The summed E-state index contributed by atoms with van der Waals surface area (Å²) in [5.41, 5.74) is 2.12. The van der Waals surface area contributed by atoms with E-state index in [2.05, 4.69) is 9.80 Å². The maximum Gasteiger partial charge on any atom is 0.241 e. The van der Waals surface area contributed by atoms with Crippen LogP contribution in [0.15, 0.2) is 24.3 Å².